The first-order chi connectivity index (χ1) is 5.33. The van der Waals surface area contributed by atoms with Gasteiger partial charge in [0.1, 0.15) is 0 Å². The highest BCUT2D eigenvalue weighted by Crippen LogP contribution is 2.56. The van der Waals surface area contributed by atoms with Gasteiger partial charge in [-0.25, -0.2) is 0 Å². The molecule has 1 aliphatic rings. The molecule has 0 bridgehead atoms. The summed E-state index contributed by atoms with van der Waals surface area (Å²) in [5.74, 6) is 0. The fourth-order valence-electron chi connectivity index (χ4n) is 1.34. The van der Waals surface area contributed by atoms with Gasteiger partial charge in [-0.1, -0.05) is 41.5 Å². The van der Waals surface area contributed by atoms with Crippen molar-refractivity contribution in [1.82, 2.24) is 0 Å². The van der Waals surface area contributed by atoms with Crippen LogP contribution in [0.25, 0.3) is 0 Å². The quantitative estimate of drug-likeness (QED) is 0.450. The highest BCUT2D eigenvalue weighted by Gasteiger charge is 2.14. The van der Waals surface area contributed by atoms with Crippen molar-refractivity contribution in [1.29, 1.82) is 0 Å². The highest BCUT2D eigenvalue weighted by atomic mass is 33.5. The van der Waals surface area contributed by atoms with Gasteiger partial charge in [-0.15, -0.1) is 23.0 Å². The van der Waals surface area contributed by atoms with Crippen molar-refractivity contribution in [3.05, 3.63) is 0 Å². The summed E-state index contributed by atoms with van der Waals surface area (Å²) in [5, 5.41) is 0.223. The van der Waals surface area contributed by atoms with Crippen LogP contribution in [0.15, 0.2) is 0 Å². The number of hydrogen-bond acceptors (Lipinski definition) is 4. The van der Waals surface area contributed by atoms with Gasteiger partial charge in [-0.2, -0.15) is 0 Å². The summed E-state index contributed by atoms with van der Waals surface area (Å²) in [6.45, 7) is 0. The maximum absolute atomic E-state index is 5.27. The lowest BCUT2D eigenvalue weighted by Gasteiger charge is -2.20. The van der Waals surface area contributed by atoms with Gasteiger partial charge < -0.3 is 0 Å². The minimum atomic E-state index is -0.647. The van der Waals surface area contributed by atoms with E-state index in [0.29, 0.717) is 0 Å². The van der Waals surface area contributed by atoms with Crippen molar-refractivity contribution in [3.63, 3.8) is 0 Å². The van der Waals surface area contributed by atoms with Gasteiger partial charge in [0, 0.05) is 5.25 Å². The predicted molar refractivity (Wildman–Crippen MR) is 66.7 cm³/mol. The van der Waals surface area contributed by atoms with E-state index in [1.165, 1.54) is 32.1 Å². The predicted octanol–water partition coefficient (Wildman–Crippen LogP) is 4.14. The molecule has 0 aromatic heterocycles. The largest absolute Gasteiger partial charge is 0.113 e. The molecule has 5 heteroatoms. The summed E-state index contributed by atoms with van der Waals surface area (Å²) >= 11 is 11.4. The Morgan fingerprint density at radius 1 is 1.27 bits per heavy atom. The van der Waals surface area contributed by atoms with Gasteiger partial charge >= 0.3 is 0 Å². The van der Waals surface area contributed by atoms with Crippen molar-refractivity contribution in [3.8, 4) is 0 Å². The molecule has 1 aliphatic carbocycles. The van der Waals surface area contributed by atoms with E-state index in [9.17, 15) is 0 Å². The van der Waals surface area contributed by atoms with Crippen LogP contribution in [-0.2, 0) is 11.8 Å². The average Bonchev–Trinajstić information content (AvgIpc) is 2.06. The third-order valence-corrected chi connectivity index (χ3v) is 12.2. The van der Waals surface area contributed by atoms with E-state index < -0.39 is 5.10 Å². The van der Waals surface area contributed by atoms with Crippen molar-refractivity contribution in [2.45, 2.75) is 37.4 Å². The highest BCUT2D eigenvalue weighted by molar-refractivity contribution is 9.11. The number of thiol groups is 1. The Kier molecular flexibility index (Phi) is 6.07. The van der Waals surface area contributed by atoms with E-state index >= 15 is 0 Å². The van der Waals surface area contributed by atoms with Crippen molar-refractivity contribution in [2.75, 3.05) is 0 Å². The Hall–Kier alpha value is 1.70. The standard InChI is InChI=1S/C6H13PS4/c8-7(11-9)10-6-4-2-1-3-5-6/h6-7,9H,1-5H2. The molecular weight excluding hydrogens is 231 g/mol. The molecule has 0 radical (unpaired) electrons. The Bertz CT molecular complexity index is 133. The second-order valence-electron chi connectivity index (χ2n) is 2.72. The van der Waals surface area contributed by atoms with E-state index in [-0.39, 0.29) is 0 Å². The molecule has 66 valence electrons. The minimum absolute atomic E-state index is 0.647. The van der Waals surface area contributed by atoms with Crippen LogP contribution in [0, 0.1) is 0 Å². The molecule has 0 N–H and O–H groups in total. The average molecular weight is 244 g/mol. The maximum Gasteiger partial charge on any atom is 0.0560 e. The molecule has 0 aromatic rings. The summed E-state index contributed by atoms with van der Waals surface area (Å²) in [6.07, 6.45) is 7.05. The zero-order chi connectivity index (χ0) is 8.10. The smallest absolute Gasteiger partial charge is 0.0560 e. The molecule has 0 heterocycles. The molecule has 1 unspecified atom stereocenters. The first kappa shape index (κ1) is 10.8. The van der Waals surface area contributed by atoms with Gasteiger partial charge in [0.05, 0.1) is 5.10 Å². The van der Waals surface area contributed by atoms with Crippen molar-refractivity contribution in [2.24, 2.45) is 0 Å². The molecule has 1 rings (SSSR count). The molecule has 1 saturated carbocycles. The van der Waals surface area contributed by atoms with E-state index in [0.717, 1.165) is 5.25 Å². The van der Waals surface area contributed by atoms with Crippen LogP contribution >= 0.6 is 38.6 Å². The van der Waals surface area contributed by atoms with Crippen LogP contribution in [0.4, 0.5) is 0 Å². The minimum Gasteiger partial charge on any atom is -0.113 e. The van der Waals surface area contributed by atoms with Crippen LogP contribution in [-0.4, -0.2) is 5.25 Å². The Labute approximate surface area is 87.4 Å². The third-order valence-electron chi connectivity index (χ3n) is 1.89. The van der Waals surface area contributed by atoms with Crippen molar-refractivity contribution < 1.29 is 0 Å². The fraction of sp³-hybridized carbons (Fsp3) is 1.00. The van der Waals surface area contributed by atoms with Gasteiger partial charge in [0.2, 0.25) is 0 Å². The first-order valence-corrected chi connectivity index (χ1v) is 10.7. The molecular formula is C6H13PS4. The van der Waals surface area contributed by atoms with Gasteiger partial charge in [-0.3, -0.25) is 0 Å². The van der Waals surface area contributed by atoms with Crippen LogP contribution in [0.5, 0.6) is 0 Å². The Balaban J connectivity index is 2.19. The zero-order valence-corrected chi connectivity index (χ0v) is 10.6. The lowest BCUT2D eigenvalue weighted by molar-refractivity contribution is 0.517. The summed E-state index contributed by atoms with van der Waals surface area (Å²) < 4.78 is 0. The molecule has 1 atom stereocenters. The van der Waals surface area contributed by atoms with E-state index in [4.69, 9.17) is 11.8 Å². The Morgan fingerprint density at radius 2 is 1.91 bits per heavy atom. The lowest BCUT2D eigenvalue weighted by atomic mass is 10.0. The van der Waals surface area contributed by atoms with E-state index in [1.54, 1.807) is 10.4 Å². The van der Waals surface area contributed by atoms with Crippen molar-refractivity contribution >= 4 is 50.4 Å². The van der Waals surface area contributed by atoms with Gasteiger partial charge in [0.25, 0.3) is 0 Å². The molecule has 11 heavy (non-hydrogen) atoms. The third kappa shape index (κ3) is 4.47. The maximum atomic E-state index is 5.27. The second-order valence-corrected chi connectivity index (χ2v) is 13.2. The normalized spacial score (nSPS) is 23.4. The fourth-order valence-corrected chi connectivity index (χ4v) is 7.88. The molecule has 0 amide bonds. The molecule has 1 fully saturated rings. The lowest BCUT2D eigenvalue weighted by Crippen LogP contribution is -2.05. The van der Waals surface area contributed by atoms with Crippen LogP contribution in [0.1, 0.15) is 32.1 Å². The SMILES string of the molecule is S=[PH](SS)SC1CCCCC1. The van der Waals surface area contributed by atoms with Crippen LogP contribution in [0.2, 0.25) is 0 Å². The van der Waals surface area contributed by atoms with E-state index in [2.05, 4.69) is 11.7 Å². The summed E-state index contributed by atoms with van der Waals surface area (Å²) in [6, 6.07) is 0. The van der Waals surface area contributed by atoms with E-state index in [1.807, 2.05) is 11.4 Å². The van der Waals surface area contributed by atoms with Crippen LogP contribution < -0.4 is 0 Å². The molecule has 0 aromatic carbocycles. The Morgan fingerprint density at radius 3 is 2.45 bits per heavy atom. The molecule has 0 nitrogen and oxygen atoms in total. The zero-order valence-electron chi connectivity index (χ0n) is 6.28. The molecule has 0 aliphatic heterocycles. The van der Waals surface area contributed by atoms with Crippen LogP contribution in [0.3, 0.4) is 0 Å². The van der Waals surface area contributed by atoms with Gasteiger partial charge in [0.15, 0.2) is 0 Å². The summed E-state index contributed by atoms with van der Waals surface area (Å²) in [4.78, 5) is 0. The second kappa shape index (κ2) is 6.20. The molecule has 0 saturated heterocycles. The molecule has 0 spiro atoms. The topological polar surface area (TPSA) is 0 Å². The summed E-state index contributed by atoms with van der Waals surface area (Å²) in [5.41, 5.74) is 0. The number of rotatable bonds is 3. The summed E-state index contributed by atoms with van der Waals surface area (Å²) in [7, 11) is 1.59. The monoisotopic (exact) mass is 244 g/mol. The number of hydrogen-bond donors (Lipinski definition) is 1. The van der Waals surface area contributed by atoms with Gasteiger partial charge in [-0.05, 0) is 12.8 Å². The first-order valence-electron chi connectivity index (χ1n) is 3.85.